The molecule has 1 fully saturated rings. The van der Waals surface area contributed by atoms with Gasteiger partial charge in [0.25, 0.3) is 0 Å². The summed E-state index contributed by atoms with van der Waals surface area (Å²) in [7, 11) is 0. The summed E-state index contributed by atoms with van der Waals surface area (Å²) in [4.78, 5) is 14.0. The Kier molecular flexibility index (Phi) is 4.33. The van der Waals surface area contributed by atoms with Crippen molar-refractivity contribution in [2.75, 3.05) is 25.0 Å². The van der Waals surface area contributed by atoms with Crippen molar-refractivity contribution in [1.29, 1.82) is 0 Å². The van der Waals surface area contributed by atoms with Crippen molar-refractivity contribution in [3.05, 3.63) is 30.3 Å². The average molecular weight is 247 g/mol. The van der Waals surface area contributed by atoms with Crippen molar-refractivity contribution in [2.45, 2.75) is 19.4 Å². The Morgan fingerprint density at radius 2 is 2.11 bits per heavy atom. The van der Waals surface area contributed by atoms with Crippen LogP contribution in [0.15, 0.2) is 30.3 Å². The maximum atomic E-state index is 11.9. The lowest BCUT2D eigenvalue weighted by atomic mass is 9.97. The van der Waals surface area contributed by atoms with Crippen LogP contribution >= 0.6 is 0 Å². The zero-order chi connectivity index (χ0) is 13.0. The van der Waals surface area contributed by atoms with E-state index < -0.39 is 0 Å². The molecule has 1 saturated heterocycles. The number of amides is 1. The third-order valence-electron chi connectivity index (χ3n) is 3.19. The molecule has 1 aromatic carbocycles. The number of hydrogen-bond acceptors (Lipinski definition) is 3. The Labute approximate surface area is 108 Å². The molecule has 2 rings (SSSR count). The molecule has 4 heteroatoms. The molecule has 1 heterocycles. The van der Waals surface area contributed by atoms with Gasteiger partial charge in [-0.3, -0.25) is 9.69 Å². The van der Waals surface area contributed by atoms with Crippen LogP contribution in [0.5, 0.6) is 0 Å². The highest BCUT2D eigenvalue weighted by molar-refractivity contribution is 5.92. The molecule has 3 N–H and O–H groups in total. The number of carbonyl (C=O) groups is 1. The first-order valence-electron chi connectivity index (χ1n) is 6.46. The molecule has 0 spiro atoms. The molecule has 0 aliphatic carbocycles. The van der Waals surface area contributed by atoms with E-state index in [0.29, 0.717) is 12.5 Å². The summed E-state index contributed by atoms with van der Waals surface area (Å²) in [6.45, 7) is 4.37. The van der Waals surface area contributed by atoms with Gasteiger partial charge in [0, 0.05) is 24.8 Å². The fourth-order valence-corrected chi connectivity index (χ4v) is 2.57. The number of anilines is 1. The predicted molar refractivity (Wildman–Crippen MR) is 73.3 cm³/mol. The number of rotatable bonds is 3. The van der Waals surface area contributed by atoms with Crippen LogP contribution in [0.25, 0.3) is 0 Å². The van der Waals surface area contributed by atoms with Crippen LogP contribution in [0.3, 0.4) is 0 Å². The lowest BCUT2D eigenvalue weighted by molar-refractivity contribution is -0.117. The van der Waals surface area contributed by atoms with Gasteiger partial charge >= 0.3 is 0 Å². The van der Waals surface area contributed by atoms with E-state index in [1.165, 1.54) is 0 Å². The van der Waals surface area contributed by atoms with Crippen LogP contribution in [0.1, 0.15) is 13.3 Å². The monoisotopic (exact) mass is 247 g/mol. The largest absolute Gasteiger partial charge is 0.327 e. The van der Waals surface area contributed by atoms with Crippen LogP contribution < -0.4 is 11.1 Å². The molecule has 98 valence electrons. The van der Waals surface area contributed by atoms with Crippen LogP contribution in [0, 0.1) is 5.92 Å². The number of piperidine rings is 1. The second-order valence-electron chi connectivity index (χ2n) is 5.21. The lowest BCUT2D eigenvalue weighted by Gasteiger charge is -2.34. The first kappa shape index (κ1) is 13.1. The summed E-state index contributed by atoms with van der Waals surface area (Å²) in [5.41, 5.74) is 6.81. The molecular formula is C14H21N3O. The van der Waals surface area contributed by atoms with Crippen molar-refractivity contribution >= 4 is 11.6 Å². The highest BCUT2D eigenvalue weighted by Gasteiger charge is 2.23. The SMILES string of the molecule is CC1CC(N)CN(CC(=O)Nc2ccccc2)C1. The van der Waals surface area contributed by atoms with Gasteiger partial charge in [-0.1, -0.05) is 25.1 Å². The molecule has 1 aliphatic rings. The van der Waals surface area contributed by atoms with E-state index in [1.54, 1.807) is 0 Å². The molecular weight excluding hydrogens is 226 g/mol. The van der Waals surface area contributed by atoms with Gasteiger partial charge < -0.3 is 11.1 Å². The van der Waals surface area contributed by atoms with E-state index in [1.807, 2.05) is 30.3 Å². The molecule has 2 atom stereocenters. The molecule has 1 amide bonds. The summed E-state index contributed by atoms with van der Waals surface area (Å²) in [6, 6.07) is 9.73. The number of nitrogens with two attached hydrogens (primary N) is 1. The van der Waals surface area contributed by atoms with E-state index in [-0.39, 0.29) is 11.9 Å². The van der Waals surface area contributed by atoms with Gasteiger partial charge in [0.05, 0.1) is 6.54 Å². The van der Waals surface area contributed by atoms with Crippen LogP contribution in [-0.4, -0.2) is 36.5 Å². The molecule has 18 heavy (non-hydrogen) atoms. The summed E-state index contributed by atoms with van der Waals surface area (Å²) >= 11 is 0. The standard InChI is InChI=1S/C14H21N3O/c1-11-7-12(15)9-17(8-11)10-14(18)16-13-5-3-2-4-6-13/h2-6,11-12H,7-10,15H2,1H3,(H,16,18). The van der Waals surface area contributed by atoms with Gasteiger partial charge in [0.1, 0.15) is 0 Å². The van der Waals surface area contributed by atoms with Gasteiger partial charge in [-0.2, -0.15) is 0 Å². The Bertz CT molecular complexity index is 383. The van der Waals surface area contributed by atoms with Gasteiger partial charge in [-0.15, -0.1) is 0 Å². The minimum atomic E-state index is 0.0301. The molecule has 0 radical (unpaired) electrons. The van der Waals surface area contributed by atoms with Gasteiger partial charge in [0.15, 0.2) is 0 Å². The summed E-state index contributed by atoms with van der Waals surface area (Å²) in [5, 5.41) is 2.90. The molecule has 4 nitrogen and oxygen atoms in total. The Morgan fingerprint density at radius 3 is 2.78 bits per heavy atom. The third kappa shape index (κ3) is 3.82. The van der Waals surface area contributed by atoms with Crippen molar-refractivity contribution in [3.8, 4) is 0 Å². The normalized spacial score (nSPS) is 24.8. The average Bonchev–Trinajstić information content (AvgIpc) is 2.28. The number of nitrogens with zero attached hydrogens (tertiary/aromatic N) is 1. The van der Waals surface area contributed by atoms with Crippen molar-refractivity contribution in [3.63, 3.8) is 0 Å². The topological polar surface area (TPSA) is 58.4 Å². The van der Waals surface area contributed by atoms with E-state index in [0.717, 1.165) is 25.2 Å². The number of carbonyl (C=O) groups excluding carboxylic acids is 1. The van der Waals surface area contributed by atoms with Crippen LogP contribution in [0.2, 0.25) is 0 Å². The van der Waals surface area contributed by atoms with E-state index in [9.17, 15) is 4.79 Å². The minimum Gasteiger partial charge on any atom is -0.327 e. The van der Waals surface area contributed by atoms with Gasteiger partial charge in [-0.25, -0.2) is 0 Å². The second kappa shape index (κ2) is 5.98. The number of benzene rings is 1. The Morgan fingerprint density at radius 1 is 1.39 bits per heavy atom. The Balaban J connectivity index is 1.84. The second-order valence-corrected chi connectivity index (χ2v) is 5.21. The van der Waals surface area contributed by atoms with Crippen LogP contribution in [0.4, 0.5) is 5.69 Å². The fraction of sp³-hybridized carbons (Fsp3) is 0.500. The van der Waals surface area contributed by atoms with E-state index in [4.69, 9.17) is 5.73 Å². The molecule has 0 saturated carbocycles. The number of para-hydroxylation sites is 1. The zero-order valence-corrected chi connectivity index (χ0v) is 10.8. The highest BCUT2D eigenvalue weighted by atomic mass is 16.2. The van der Waals surface area contributed by atoms with Crippen LogP contribution in [-0.2, 0) is 4.79 Å². The summed E-state index contributed by atoms with van der Waals surface area (Å²) in [5.74, 6) is 0.598. The molecule has 2 unspecified atom stereocenters. The van der Waals surface area contributed by atoms with Crippen molar-refractivity contribution < 1.29 is 4.79 Å². The first-order valence-corrected chi connectivity index (χ1v) is 6.46. The van der Waals surface area contributed by atoms with E-state index >= 15 is 0 Å². The van der Waals surface area contributed by atoms with Gasteiger partial charge in [-0.05, 0) is 24.5 Å². The maximum Gasteiger partial charge on any atom is 0.238 e. The smallest absolute Gasteiger partial charge is 0.238 e. The molecule has 1 aromatic rings. The lowest BCUT2D eigenvalue weighted by Crippen LogP contribution is -2.48. The predicted octanol–water partition coefficient (Wildman–Crippen LogP) is 1.29. The summed E-state index contributed by atoms with van der Waals surface area (Å²) < 4.78 is 0. The maximum absolute atomic E-state index is 11.9. The quantitative estimate of drug-likeness (QED) is 0.846. The molecule has 0 aromatic heterocycles. The molecule has 0 bridgehead atoms. The van der Waals surface area contributed by atoms with Crippen molar-refractivity contribution in [1.82, 2.24) is 4.90 Å². The Hall–Kier alpha value is -1.39. The minimum absolute atomic E-state index is 0.0301. The molecule has 1 aliphatic heterocycles. The highest BCUT2D eigenvalue weighted by Crippen LogP contribution is 2.14. The summed E-state index contributed by atoms with van der Waals surface area (Å²) in [6.07, 6.45) is 1.05. The third-order valence-corrected chi connectivity index (χ3v) is 3.19. The number of nitrogens with one attached hydrogen (secondary N) is 1. The fourth-order valence-electron chi connectivity index (χ4n) is 2.57. The number of hydrogen-bond donors (Lipinski definition) is 2. The number of likely N-dealkylation sites (tertiary alicyclic amines) is 1. The first-order chi connectivity index (χ1) is 8.63. The van der Waals surface area contributed by atoms with Gasteiger partial charge in [0.2, 0.25) is 5.91 Å². The van der Waals surface area contributed by atoms with Crippen molar-refractivity contribution in [2.24, 2.45) is 11.7 Å². The van der Waals surface area contributed by atoms with E-state index in [2.05, 4.69) is 17.1 Å². The zero-order valence-electron chi connectivity index (χ0n) is 10.8.